The van der Waals surface area contributed by atoms with Crippen molar-refractivity contribution in [3.63, 3.8) is 0 Å². The number of benzene rings is 2. The van der Waals surface area contributed by atoms with E-state index < -0.39 is 0 Å². The first kappa shape index (κ1) is 17.3. The number of carbonyl (C=O) groups excluding carboxylic acids is 1. The third-order valence-electron chi connectivity index (χ3n) is 4.97. The molecule has 6 nitrogen and oxygen atoms in total. The van der Waals surface area contributed by atoms with Gasteiger partial charge in [-0.05, 0) is 55.7 Å². The van der Waals surface area contributed by atoms with Crippen molar-refractivity contribution in [2.75, 3.05) is 13.7 Å². The minimum Gasteiger partial charge on any atom is -0.497 e. The van der Waals surface area contributed by atoms with Gasteiger partial charge in [-0.3, -0.25) is 4.79 Å². The molecule has 2 heterocycles. The number of hydrogen-bond donors (Lipinski definition) is 0. The summed E-state index contributed by atoms with van der Waals surface area (Å²) in [6.07, 6.45) is 4.51. The van der Waals surface area contributed by atoms with Crippen LogP contribution in [0.2, 0.25) is 0 Å². The lowest BCUT2D eigenvalue weighted by Crippen LogP contribution is -2.39. The van der Waals surface area contributed by atoms with Crippen molar-refractivity contribution < 1.29 is 9.53 Å². The average molecular weight is 362 g/mol. The molecule has 1 aliphatic heterocycles. The molecule has 0 spiro atoms. The van der Waals surface area contributed by atoms with Crippen LogP contribution in [0.5, 0.6) is 5.75 Å². The normalized spacial score (nSPS) is 16.9. The summed E-state index contributed by atoms with van der Waals surface area (Å²) in [5.41, 5.74) is 1.61. The zero-order valence-corrected chi connectivity index (χ0v) is 15.3. The second-order valence-electron chi connectivity index (χ2n) is 6.60. The van der Waals surface area contributed by atoms with Gasteiger partial charge in [0, 0.05) is 12.1 Å². The highest BCUT2D eigenvalue weighted by atomic mass is 16.5. The van der Waals surface area contributed by atoms with Crippen LogP contribution in [0.1, 0.15) is 41.5 Å². The molecule has 1 saturated heterocycles. The number of methoxy groups -OCH3 is 1. The van der Waals surface area contributed by atoms with Gasteiger partial charge in [0.25, 0.3) is 5.91 Å². The number of ether oxygens (including phenoxy) is 1. The molecule has 1 amide bonds. The van der Waals surface area contributed by atoms with E-state index in [-0.39, 0.29) is 11.9 Å². The van der Waals surface area contributed by atoms with E-state index in [0.717, 1.165) is 43.1 Å². The molecule has 1 atom stereocenters. The fourth-order valence-corrected chi connectivity index (χ4v) is 3.59. The number of amides is 1. The van der Waals surface area contributed by atoms with Crippen LogP contribution in [-0.4, -0.2) is 39.2 Å². The lowest BCUT2D eigenvalue weighted by atomic mass is 10.00. The van der Waals surface area contributed by atoms with Crippen LogP contribution in [0.25, 0.3) is 5.69 Å². The molecule has 0 bridgehead atoms. The number of likely N-dealkylation sites (tertiary alicyclic amines) is 1. The highest BCUT2D eigenvalue weighted by Gasteiger charge is 2.32. The van der Waals surface area contributed by atoms with Gasteiger partial charge < -0.3 is 9.64 Å². The van der Waals surface area contributed by atoms with Crippen molar-refractivity contribution >= 4 is 5.91 Å². The van der Waals surface area contributed by atoms with E-state index in [9.17, 15) is 4.79 Å². The molecule has 138 valence electrons. The third kappa shape index (κ3) is 3.43. The number of nitrogens with zero attached hydrogens (tertiary/aromatic N) is 4. The summed E-state index contributed by atoms with van der Waals surface area (Å²) < 4.78 is 7.05. The molecule has 0 unspecified atom stereocenters. The number of aromatic nitrogens is 3. The molecular formula is C21H22N4O2. The van der Waals surface area contributed by atoms with E-state index >= 15 is 0 Å². The van der Waals surface area contributed by atoms with Crippen molar-refractivity contribution in [1.29, 1.82) is 0 Å². The zero-order chi connectivity index (χ0) is 18.6. The minimum absolute atomic E-state index is 0.0459. The number of hydrogen-bond acceptors (Lipinski definition) is 4. The Hall–Kier alpha value is -3.15. The monoisotopic (exact) mass is 362 g/mol. The maximum Gasteiger partial charge on any atom is 0.254 e. The second kappa shape index (κ2) is 7.61. The fourth-order valence-electron chi connectivity index (χ4n) is 3.59. The topological polar surface area (TPSA) is 60.2 Å². The molecule has 0 N–H and O–H groups in total. The highest BCUT2D eigenvalue weighted by molar-refractivity contribution is 5.94. The number of rotatable bonds is 4. The van der Waals surface area contributed by atoms with E-state index in [1.165, 1.54) is 0 Å². The third-order valence-corrected chi connectivity index (χ3v) is 4.97. The minimum atomic E-state index is -0.0870. The highest BCUT2D eigenvalue weighted by Crippen LogP contribution is 2.32. The fraction of sp³-hybridized carbons (Fsp3) is 0.286. The predicted molar refractivity (Wildman–Crippen MR) is 102 cm³/mol. The Morgan fingerprint density at radius 3 is 2.59 bits per heavy atom. The summed E-state index contributed by atoms with van der Waals surface area (Å²) in [5.74, 6) is 1.63. The molecule has 4 rings (SSSR count). The molecule has 2 aromatic carbocycles. The van der Waals surface area contributed by atoms with Crippen LogP contribution in [0, 0.1) is 0 Å². The molecule has 3 aromatic rings. The molecule has 0 saturated carbocycles. The SMILES string of the molecule is COc1ccc(-n2ncnc2[C@H]2CCCCN2C(=O)c2ccccc2)cc1. The largest absolute Gasteiger partial charge is 0.497 e. The standard InChI is InChI=1S/C21H22N4O2/c1-27-18-12-10-17(11-13-18)25-20(22-15-23-25)19-9-5-6-14-24(19)21(26)16-7-3-2-4-8-16/h2-4,7-8,10-13,15,19H,5-6,9,14H2,1H3/t19-/m1/s1. The molecular weight excluding hydrogens is 340 g/mol. The van der Waals surface area contributed by atoms with Crippen molar-refractivity contribution in [3.05, 3.63) is 72.3 Å². The van der Waals surface area contributed by atoms with Crippen LogP contribution in [-0.2, 0) is 0 Å². The lowest BCUT2D eigenvalue weighted by molar-refractivity contribution is 0.0597. The summed E-state index contributed by atoms with van der Waals surface area (Å²) in [6, 6.07) is 17.0. The van der Waals surface area contributed by atoms with E-state index in [1.807, 2.05) is 64.2 Å². The Morgan fingerprint density at radius 1 is 1.07 bits per heavy atom. The Balaban J connectivity index is 1.67. The summed E-state index contributed by atoms with van der Waals surface area (Å²) in [7, 11) is 1.64. The van der Waals surface area contributed by atoms with Gasteiger partial charge in [-0.25, -0.2) is 9.67 Å². The van der Waals surface area contributed by atoms with Gasteiger partial charge in [-0.1, -0.05) is 18.2 Å². The van der Waals surface area contributed by atoms with Crippen LogP contribution in [0.3, 0.4) is 0 Å². The Labute approximate surface area is 158 Å². The summed E-state index contributed by atoms with van der Waals surface area (Å²) in [5, 5.41) is 4.41. The summed E-state index contributed by atoms with van der Waals surface area (Å²) >= 11 is 0. The Kier molecular flexibility index (Phi) is 4.87. The number of piperidine rings is 1. The predicted octanol–water partition coefficient (Wildman–Crippen LogP) is 3.64. The quantitative estimate of drug-likeness (QED) is 0.711. The van der Waals surface area contributed by atoms with Gasteiger partial charge in [0.15, 0.2) is 5.82 Å². The second-order valence-corrected chi connectivity index (χ2v) is 6.60. The van der Waals surface area contributed by atoms with Crippen LogP contribution >= 0.6 is 0 Å². The number of carbonyl (C=O) groups is 1. The molecule has 1 aromatic heterocycles. The van der Waals surface area contributed by atoms with Gasteiger partial charge in [-0.15, -0.1) is 0 Å². The maximum atomic E-state index is 13.1. The van der Waals surface area contributed by atoms with Gasteiger partial charge in [0.2, 0.25) is 0 Å². The Bertz CT molecular complexity index is 905. The van der Waals surface area contributed by atoms with Crippen molar-refractivity contribution in [1.82, 2.24) is 19.7 Å². The van der Waals surface area contributed by atoms with Gasteiger partial charge in [0.05, 0.1) is 18.8 Å². The van der Waals surface area contributed by atoms with Crippen LogP contribution in [0.15, 0.2) is 60.9 Å². The first-order valence-corrected chi connectivity index (χ1v) is 9.18. The molecule has 1 fully saturated rings. The van der Waals surface area contributed by atoms with E-state index in [4.69, 9.17) is 4.74 Å². The van der Waals surface area contributed by atoms with E-state index in [0.29, 0.717) is 5.56 Å². The van der Waals surface area contributed by atoms with Crippen molar-refractivity contribution in [2.24, 2.45) is 0 Å². The van der Waals surface area contributed by atoms with E-state index in [1.54, 1.807) is 13.4 Å². The molecule has 0 radical (unpaired) electrons. The zero-order valence-electron chi connectivity index (χ0n) is 15.3. The first-order valence-electron chi connectivity index (χ1n) is 9.18. The maximum absolute atomic E-state index is 13.1. The summed E-state index contributed by atoms with van der Waals surface area (Å²) in [6.45, 7) is 0.730. The average Bonchev–Trinajstić information content (AvgIpc) is 3.23. The molecule has 1 aliphatic rings. The van der Waals surface area contributed by atoms with Gasteiger partial charge in [0.1, 0.15) is 12.1 Å². The molecule has 6 heteroatoms. The van der Waals surface area contributed by atoms with Gasteiger partial charge in [-0.2, -0.15) is 5.10 Å². The smallest absolute Gasteiger partial charge is 0.254 e. The Morgan fingerprint density at radius 2 is 1.85 bits per heavy atom. The van der Waals surface area contributed by atoms with E-state index in [2.05, 4.69) is 10.1 Å². The molecule has 0 aliphatic carbocycles. The first-order chi connectivity index (χ1) is 13.3. The van der Waals surface area contributed by atoms with Gasteiger partial charge >= 0.3 is 0 Å². The summed E-state index contributed by atoms with van der Waals surface area (Å²) in [4.78, 5) is 19.5. The van der Waals surface area contributed by atoms with Crippen molar-refractivity contribution in [3.8, 4) is 11.4 Å². The lowest BCUT2D eigenvalue weighted by Gasteiger charge is -2.35. The van der Waals surface area contributed by atoms with Crippen LogP contribution < -0.4 is 4.74 Å². The molecule has 27 heavy (non-hydrogen) atoms. The van der Waals surface area contributed by atoms with Crippen LogP contribution in [0.4, 0.5) is 0 Å². The van der Waals surface area contributed by atoms with Crippen molar-refractivity contribution in [2.45, 2.75) is 25.3 Å².